The van der Waals surface area contributed by atoms with Gasteiger partial charge in [-0.3, -0.25) is 4.79 Å². The molecule has 0 aliphatic rings. The fourth-order valence-electron chi connectivity index (χ4n) is 1.22. The van der Waals surface area contributed by atoms with Gasteiger partial charge in [0, 0.05) is 10.1 Å². The molecule has 94 valence electrons. The van der Waals surface area contributed by atoms with Gasteiger partial charge in [0.1, 0.15) is 12.6 Å². The number of carbonyl (C=O) groups is 1. The molecule has 4 heteroatoms. The lowest BCUT2D eigenvalue weighted by molar-refractivity contribution is -0.146. The lowest BCUT2D eigenvalue weighted by Crippen LogP contribution is -2.28. The van der Waals surface area contributed by atoms with Crippen LogP contribution in [0, 0.1) is 0 Å². The molecule has 0 aromatic heterocycles. The summed E-state index contributed by atoms with van der Waals surface area (Å²) < 4.78 is 5.04. The maximum atomic E-state index is 11.2. The van der Waals surface area contributed by atoms with Gasteiger partial charge in [0.2, 0.25) is 0 Å². The van der Waals surface area contributed by atoms with E-state index in [0.717, 1.165) is 5.56 Å². The molecule has 1 rings (SSSR count). The highest BCUT2D eigenvalue weighted by Gasteiger charge is 2.08. The summed E-state index contributed by atoms with van der Waals surface area (Å²) in [5, 5.41) is 0.566. The van der Waals surface area contributed by atoms with E-state index in [9.17, 15) is 4.79 Å². The average Bonchev–Trinajstić information content (AvgIpc) is 2.26. The minimum atomic E-state index is -0.564. The molecule has 0 aliphatic carbocycles. The molecular formula is C13H19NO2S. The Morgan fingerprint density at radius 3 is 2.35 bits per heavy atom. The topological polar surface area (TPSA) is 52.3 Å². The third-order valence-corrected chi connectivity index (χ3v) is 3.06. The highest BCUT2D eigenvalue weighted by Crippen LogP contribution is 2.22. The second-order valence-electron chi connectivity index (χ2n) is 4.21. The zero-order valence-corrected chi connectivity index (χ0v) is 11.3. The van der Waals surface area contributed by atoms with Gasteiger partial charge in [0.25, 0.3) is 0 Å². The summed E-state index contributed by atoms with van der Waals surface area (Å²) in [5.41, 5.74) is 6.38. The first-order chi connectivity index (χ1) is 7.99. The number of hydrogen-bond donors (Lipinski definition) is 1. The van der Waals surface area contributed by atoms with Crippen LogP contribution in [0.3, 0.4) is 0 Å². The molecule has 0 spiro atoms. The van der Waals surface area contributed by atoms with Crippen LogP contribution in [0.1, 0.15) is 26.3 Å². The number of benzene rings is 1. The van der Waals surface area contributed by atoms with Crippen LogP contribution >= 0.6 is 11.8 Å². The van der Waals surface area contributed by atoms with Crippen molar-refractivity contribution >= 4 is 17.7 Å². The SMILES string of the molecule is CC(C)Sc1ccc(COC(=O)C(C)N)cc1. The Balaban J connectivity index is 2.48. The zero-order valence-electron chi connectivity index (χ0n) is 10.5. The van der Waals surface area contributed by atoms with Gasteiger partial charge in [-0.15, -0.1) is 11.8 Å². The summed E-state index contributed by atoms with van der Waals surface area (Å²) in [7, 11) is 0. The zero-order chi connectivity index (χ0) is 12.8. The highest BCUT2D eigenvalue weighted by molar-refractivity contribution is 7.99. The summed E-state index contributed by atoms with van der Waals surface area (Å²) in [5.74, 6) is -0.370. The van der Waals surface area contributed by atoms with E-state index in [-0.39, 0.29) is 12.6 Å². The van der Waals surface area contributed by atoms with Crippen molar-refractivity contribution in [1.29, 1.82) is 0 Å². The van der Waals surface area contributed by atoms with Crippen molar-refractivity contribution in [1.82, 2.24) is 0 Å². The van der Waals surface area contributed by atoms with E-state index in [2.05, 4.69) is 13.8 Å². The fraction of sp³-hybridized carbons (Fsp3) is 0.462. The first-order valence-electron chi connectivity index (χ1n) is 5.67. The second-order valence-corrected chi connectivity index (χ2v) is 5.86. The number of rotatable bonds is 5. The molecule has 0 heterocycles. The Hall–Kier alpha value is -1.00. The Labute approximate surface area is 107 Å². The lowest BCUT2D eigenvalue weighted by Gasteiger charge is -2.08. The maximum absolute atomic E-state index is 11.2. The van der Waals surface area contributed by atoms with Crippen LogP contribution in [-0.4, -0.2) is 17.3 Å². The summed E-state index contributed by atoms with van der Waals surface area (Å²) in [6, 6.07) is 7.46. The van der Waals surface area contributed by atoms with E-state index < -0.39 is 6.04 Å². The van der Waals surface area contributed by atoms with E-state index in [0.29, 0.717) is 5.25 Å². The summed E-state index contributed by atoms with van der Waals surface area (Å²) in [4.78, 5) is 12.4. The van der Waals surface area contributed by atoms with Crippen molar-refractivity contribution < 1.29 is 9.53 Å². The second kappa shape index (κ2) is 6.67. The number of esters is 1. The van der Waals surface area contributed by atoms with Crippen LogP contribution in [0.15, 0.2) is 29.2 Å². The smallest absolute Gasteiger partial charge is 0.322 e. The largest absolute Gasteiger partial charge is 0.460 e. The molecular weight excluding hydrogens is 234 g/mol. The van der Waals surface area contributed by atoms with E-state index >= 15 is 0 Å². The molecule has 3 nitrogen and oxygen atoms in total. The minimum absolute atomic E-state index is 0.285. The summed E-state index contributed by atoms with van der Waals surface area (Å²) >= 11 is 1.81. The molecule has 0 amide bonds. The van der Waals surface area contributed by atoms with E-state index in [1.54, 1.807) is 6.92 Å². The number of ether oxygens (including phenoxy) is 1. The molecule has 0 bridgehead atoms. The van der Waals surface area contributed by atoms with Crippen molar-refractivity contribution in [2.24, 2.45) is 5.73 Å². The van der Waals surface area contributed by atoms with Gasteiger partial charge in [-0.2, -0.15) is 0 Å². The van der Waals surface area contributed by atoms with Crippen LogP contribution < -0.4 is 5.73 Å². The molecule has 0 aliphatic heterocycles. The number of thioether (sulfide) groups is 1. The Bertz CT molecular complexity index is 360. The first-order valence-corrected chi connectivity index (χ1v) is 6.55. The molecule has 2 N–H and O–H groups in total. The van der Waals surface area contributed by atoms with Crippen molar-refractivity contribution in [2.45, 2.75) is 43.6 Å². The van der Waals surface area contributed by atoms with Crippen LogP contribution in [0.5, 0.6) is 0 Å². The van der Waals surface area contributed by atoms with Gasteiger partial charge in [-0.1, -0.05) is 26.0 Å². The fourth-order valence-corrected chi connectivity index (χ4v) is 2.06. The first kappa shape index (κ1) is 14.1. The third-order valence-electron chi connectivity index (χ3n) is 2.05. The molecule has 17 heavy (non-hydrogen) atoms. The van der Waals surface area contributed by atoms with Crippen molar-refractivity contribution in [2.75, 3.05) is 0 Å². The van der Waals surface area contributed by atoms with Crippen LogP contribution in [0.2, 0.25) is 0 Å². The molecule has 1 aromatic carbocycles. The molecule has 0 fully saturated rings. The van der Waals surface area contributed by atoms with Crippen LogP contribution in [0.4, 0.5) is 0 Å². The van der Waals surface area contributed by atoms with Gasteiger partial charge in [0.05, 0.1) is 0 Å². The minimum Gasteiger partial charge on any atom is -0.460 e. The van der Waals surface area contributed by atoms with Crippen molar-refractivity contribution in [3.8, 4) is 0 Å². The lowest BCUT2D eigenvalue weighted by atomic mass is 10.2. The predicted octanol–water partition coefficient (Wildman–Crippen LogP) is 2.58. The molecule has 0 saturated carbocycles. The standard InChI is InChI=1S/C13H19NO2S/c1-9(2)17-12-6-4-11(5-7-12)8-16-13(15)10(3)14/h4-7,9-10H,8,14H2,1-3H3. The van der Waals surface area contributed by atoms with Crippen LogP contribution in [0.25, 0.3) is 0 Å². The highest BCUT2D eigenvalue weighted by atomic mass is 32.2. The van der Waals surface area contributed by atoms with Gasteiger partial charge in [0.15, 0.2) is 0 Å². The van der Waals surface area contributed by atoms with E-state index in [1.807, 2.05) is 36.0 Å². The molecule has 1 atom stereocenters. The number of hydrogen-bond acceptors (Lipinski definition) is 4. The Kier molecular flexibility index (Phi) is 5.51. The summed E-state index contributed by atoms with van der Waals surface area (Å²) in [6.45, 7) is 6.21. The van der Waals surface area contributed by atoms with Crippen LogP contribution in [-0.2, 0) is 16.1 Å². The third kappa shape index (κ3) is 5.24. The average molecular weight is 253 g/mol. The van der Waals surface area contributed by atoms with Gasteiger partial charge >= 0.3 is 5.97 Å². The number of nitrogens with two attached hydrogens (primary N) is 1. The van der Waals surface area contributed by atoms with Crippen molar-refractivity contribution in [3.63, 3.8) is 0 Å². The van der Waals surface area contributed by atoms with E-state index in [1.165, 1.54) is 4.90 Å². The normalized spacial score (nSPS) is 12.5. The Morgan fingerprint density at radius 2 is 1.88 bits per heavy atom. The monoisotopic (exact) mass is 253 g/mol. The van der Waals surface area contributed by atoms with Gasteiger partial charge < -0.3 is 10.5 Å². The molecule has 0 saturated heterocycles. The van der Waals surface area contributed by atoms with Crippen molar-refractivity contribution in [3.05, 3.63) is 29.8 Å². The molecule has 1 aromatic rings. The summed E-state index contributed by atoms with van der Waals surface area (Å²) in [6.07, 6.45) is 0. The quantitative estimate of drug-likeness (QED) is 0.647. The van der Waals surface area contributed by atoms with Gasteiger partial charge in [-0.05, 0) is 24.6 Å². The number of carbonyl (C=O) groups excluding carboxylic acids is 1. The molecule has 0 radical (unpaired) electrons. The molecule has 1 unspecified atom stereocenters. The maximum Gasteiger partial charge on any atom is 0.322 e. The van der Waals surface area contributed by atoms with E-state index in [4.69, 9.17) is 10.5 Å². The van der Waals surface area contributed by atoms with Gasteiger partial charge in [-0.25, -0.2) is 0 Å². The predicted molar refractivity (Wildman–Crippen MR) is 70.9 cm³/mol. The Morgan fingerprint density at radius 1 is 1.29 bits per heavy atom.